The van der Waals surface area contributed by atoms with Gasteiger partial charge in [-0.2, -0.15) is 0 Å². The number of hydrogen-bond donors (Lipinski definition) is 4. The van der Waals surface area contributed by atoms with Crippen molar-refractivity contribution in [3.63, 3.8) is 0 Å². The highest BCUT2D eigenvalue weighted by molar-refractivity contribution is 6.06. The molecule has 0 saturated heterocycles. The van der Waals surface area contributed by atoms with Gasteiger partial charge < -0.3 is 20.8 Å². The standard InChI is InChI=1S/C35H36N2O4/c38-31(36-29(34(40)19-20-34)27-15-7-11-23-9-1-3-13-25(23)27)33(17-5-6-18-33)32(39)37-30(35(41)21-22-35)28-16-8-12-24-10-2-4-14-26(24)28/h1-4,7-16,29-30,40-41H,5-6,17-22H2,(H,36,38)(H,37,39)/t29-,30-/m0/s1. The maximum atomic E-state index is 14.3. The Labute approximate surface area is 239 Å². The van der Waals surface area contributed by atoms with Crippen molar-refractivity contribution in [1.82, 2.24) is 10.6 Å². The summed E-state index contributed by atoms with van der Waals surface area (Å²) in [7, 11) is 0. The lowest BCUT2D eigenvalue weighted by atomic mass is 9.81. The molecule has 3 aliphatic rings. The molecule has 41 heavy (non-hydrogen) atoms. The molecule has 2 atom stereocenters. The number of aliphatic hydroxyl groups is 2. The number of nitrogens with one attached hydrogen (secondary N) is 2. The van der Waals surface area contributed by atoms with Gasteiger partial charge in [-0.15, -0.1) is 0 Å². The lowest BCUT2D eigenvalue weighted by Gasteiger charge is -2.34. The second-order valence-electron chi connectivity index (χ2n) is 12.4. The van der Waals surface area contributed by atoms with E-state index in [2.05, 4.69) is 10.6 Å². The fourth-order valence-electron chi connectivity index (χ4n) is 6.92. The molecule has 0 spiro atoms. The maximum absolute atomic E-state index is 14.3. The first-order valence-electron chi connectivity index (χ1n) is 14.9. The first kappa shape index (κ1) is 26.2. The van der Waals surface area contributed by atoms with Crippen LogP contribution in [0, 0.1) is 5.41 Å². The third-order valence-corrected chi connectivity index (χ3v) is 9.75. The molecule has 0 aliphatic heterocycles. The zero-order chi connectivity index (χ0) is 28.2. The molecule has 0 aromatic heterocycles. The maximum Gasteiger partial charge on any atom is 0.236 e. The highest BCUT2D eigenvalue weighted by Crippen LogP contribution is 2.50. The zero-order valence-electron chi connectivity index (χ0n) is 23.1. The molecular weight excluding hydrogens is 512 g/mol. The highest BCUT2D eigenvalue weighted by atomic mass is 16.3. The fourth-order valence-corrected chi connectivity index (χ4v) is 6.92. The van der Waals surface area contributed by atoms with Gasteiger partial charge in [-0.25, -0.2) is 0 Å². The molecule has 6 nitrogen and oxygen atoms in total. The van der Waals surface area contributed by atoms with Crippen LogP contribution >= 0.6 is 0 Å². The minimum Gasteiger partial charge on any atom is -0.387 e. The van der Waals surface area contributed by atoms with Crippen LogP contribution in [0.5, 0.6) is 0 Å². The van der Waals surface area contributed by atoms with Crippen LogP contribution in [-0.4, -0.2) is 33.2 Å². The summed E-state index contributed by atoms with van der Waals surface area (Å²) in [6.45, 7) is 0. The van der Waals surface area contributed by atoms with Gasteiger partial charge in [0, 0.05) is 0 Å². The summed E-state index contributed by atoms with van der Waals surface area (Å²) in [6.07, 6.45) is 4.79. The van der Waals surface area contributed by atoms with E-state index in [0.29, 0.717) is 38.5 Å². The molecule has 210 valence electrons. The number of benzene rings is 4. The van der Waals surface area contributed by atoms with Crippen LogP contribution in [0.3, 0.4) is 0 Å². The normalized spacial score (nSPS) is 21.2. The van der Waals surface area contributed by atoms with Gasteiger partial charge in [-0.05, 0) is 71.2 Å². The summed E-state index contributed by atoms with van der Waals surface area (Å²) in [4.78, 5) is 28.5. The Morgan fingerprint density at radius 2 is 0.951 bits per heavy atom. The third-order valence-electron chi connectivity index (χ3n) is 9.75. The Kier molecular flexibility index (Phi) is 6.18. The molecule has 2 amide bonds. The zero-order valence-corrected chi connectivity index (χ0v) is 23.1. The fraction of sp³-hybridized carbons (Fsp3) is 0.371. The predicted octanol–water partition coefficient (Wildman–Crippen LogP) is 5.62. The van der Waals surface area contributed by atoms with Gasteiger partial charge in [0.15, 0.2) is 0 Å². The first-order valence-corrected chi connectivity index (χ1v) is 14.9. The third kappa shape index (κ3) is 4.50. The lowest BCUT2D eigenvalue weighted by molar-refractivity contribution is -0.145. The van der Waals surface area contributed by atoms with Crippen LogP contribution in [-0.2, 0) is 9.59 Å². The van der Waals surface area contributed by atoms with Crippen LogP contribution in [0.4, 0.5) is 0 Å². The Hall–Kier alpha value is -3.74. The SMILES string of the molecule is O=C(N[C@@H](c1cccc2ccccc12)C1(O)CC1)C1(C(=O)N[C@@H](c2cccc3ccccc23)C2(O)CC2)CCCC1. The molecule has 3 fully saturated rings. The minimum atomic E-state index is -1.26. The van der Waals surface area contributed by atoms with Crippen molar-refractivity contribution in [1.29, 1.82) is 0 Å². The molecule has 0 radical (unpaired) electrons. The molecule has 4 aromatic carbocycles. The number of amides is 2. The summed E-state index contributed by atoms with van der Waals surface area (Å²) >= 11 is 0. The molecule has 0 bridgehead atoms. The van der Waals surface area contributed by atoms with Crippen molar-refractivity contribution < 1.29 is 19.8 Å². The van der Waals surface area contributed by atoms with E-state index in [4.69, 9.17) is 0 Å². The van der Waals surface area contributed by atoms with E-state index in [1.54, 1.807) is 0 Å². The van der Waals surface area contributed by atoms with Crippen molar-refractivity contribution in [2.24, 2.45) is 5.41 Å². The van der Waals surface area contributed by atoms with Crippen LogP contribution in [0.25, 0.3) is 21.5 Å². The molecule has 3 saturated carbocycles. The quantitative estimate of drug-likeness (QED) is 0.215. The number of rotatable bonds is 8. The second kappa shape index (κ2) is 9.68. The highest BCUT2D eigenvalue weighted by Gasteiger charge is 2.56. The largest absolute Gasteiger partial charge is 0.387 e. The second-order valence-corrected chi connectivity index (χ2v) is 12.4. The van der Waals surface area contributed by atoms with Gasteiger partial charge in [0.1, 0.15) is 5.41 Å². The molecule has 4 N–H and O–H groups in total. The molecule has 4 aromatic rings. The molecular formula is C35H36N2O4. The number of hydrogen-bond acceptors (Lipinski definition) is 4. The van der Waals surface area contributed by atoms with Crippen molar-refractivity contribution >= 4 is 33.4 Å². The summed E-state index contributed by atoms with van der Waals surface area (Å²) in [6, 6.07) is 26.6. The summed E-state index contributed by atoms with van der Waals surface area (Å²) in [5, 5.41) is 33.2. The van der Waals surface area contributed by atoms with Gasteiger partial charge in [0.25, 0.3) is 0 Å². The van der Waals surface area contributed by atoms with E-state index in [0.717, 1.165) is 45.5 Å². The first-order chi connectivity index (χ1) is 19.8. The Balaban J connectivity index is 1.22. The van der Waals surface area contributed by atoms with E-state index in [1.165, 1.54) is 0 Å². The molecule has 0 unspecified atom stereocenters. The van der Waals surface area contributed by atoms with Crippen molar-refractivity contribution in [3.8, 4) is 0 Å². The van der Waals surface area contributed by atoms with Crippen molar-refractivity contribution in [2.75, 3.05) is 0 Å². The average Bonchev–Trinajstić information content (AvgIpc) is 3.88. The van der Waals surface area contributed by atoms with Crippen LogP contribution in [0.2, 0.25) is 0 Å². The number of carbonyl (C=O) groups is 2. The predicted molar refractivity (Wildman–Crippen MR) is 159 cm³/mol. The van der Waals surface area contributed by atoms with E-state index < -0.39 is 28.7 Å². The lowest BCUT2D eigenvalue weighted by Crippen LogP contribution is -2.54. The van der Waals surface area contributed by atoms with Gasteiger partial charge >= 0.3 is 0 Å². The van der Waals surface area contributed by atoms with E-state index in [9.17, 15) is 19.8 Å². The topological polar surface area (TPSA) is 98.7 Å². The smallest absolute Gasteiger partial charge is 0.236 e. The number of fused-ring (bicyclic) bond motifs is 2. The van der Waals surface area contributed by atoms with Gasteiger partial charge in [0.05, 0.1) is 23.3 Å². The van der Waals surface area contributed by atoms with Crippen LogP contribution in [0.1, 0.15) is 74.6 Å². The van der Waals surface area contributed by atoms with Gasteiger partial charge in [-0.3, -0.25) is 9.59 Å². The number of carbonyl (C=O) groups excluding carboxylic acids is 2. The minimum absolute atomic E-state index is 0.342. The molecule has 6 heteroatoms. The van der Waals surface area contributed by atoms with Crippen molar-refractivity contribution in [3.05, 3.63) is 96.1 Å². The van der Waals surface area contributed by atoms with Gasteiger partial charge in [-0.1, -0.05) is 97.8 Å². The van der Waals surface area contributed by atoms with E-state index in [-0.39, 0.29) is 11.8 Å². The molecule has 7 rings (SSSR count). The monoisotopic (exact) mass is 548 g/mol. The van der Waals surface area contributed by atoms with E-state index in [1.807, 2.05) is 84.9 Å². The average molecular weight is 549 g/mol. The van der Waals surface area contributed by atoms with Gasteiger partial charge in [0.2, 0.25) is 11.8 Å². The van der Waals surface area contributed by atoms with E-state index >= 15 is 0 Å². The Morgan fingerprint density at radius 3 is 1.37 bits per heavy atom. The summed E-state index contributed by atoms with van der Waals surface area (Å²) in [5.74, 6) is -0.685. The van der Waals surface area contributed by atoms with Crippen LogP contribution in [0.15, 0.2) is 84.9 Å². The Bertz CT molecular complexity index is 1520. The molecule has 0 heterocycles. The summed E-state index contributed by atoms with van der Waals surface area (Å²) < 4.78 is 0. The summed E-state index contributed by atoms with van der Waals surface area (Å²) in [5.41, 5.74) is -1.60. The molecule has 3 aliphatic carbocycles. The Morgan fingerprint density at radius 1 is 0.561 bits per heavy atom. The van der Waals surface area contributed by atoms with Crippen molar-refractivity contribution in [2.45, 2.75) is 74.7 Å². The van der Waals surface area contributed by atoms with Crippen LogP contribution < -0.4 is 10.6 Å².